The third kappa shape index (κ3) is 3.47. The van der Waals surface area contributed by atoms with Gasteiger partial charge in [-0.15, -0.1) is 0 Å². The summed E-state index contributed by atoms with van der Waals surface area (Å²) in [5.74, 6) is -3.22. The number of imide groups is 1. The van der Waals surface area contributed by atoms with E-state index in [1.807, 2.05) is 12.2 Å². The first-order chi connectivity index (χ1) is 14.4. The van der Waals surface area contributed by atoms with E-state index in [0.29, 0.717) is 11.3 Å². The van der Waals surface area contributed by atoms with Crippen LogP contribution in [0.2, 0.25) is 0 Å². The quantitative estimate of drug-likeness (QED) is 0.416. The van der Waals surface area contributed by atoms with Crippen molar-refractivity contribution < 1.29 is 33.4 Å². The number of esters is 2. The summed E-state index contributed by atoms with van der Waals surface area (Å²) in [7, 11) is 1.27. The highest BCUT2D eigenvalue weighted by molar-refractivity contribution is 6.08. The number of nitrogens with zero attached hydrogens (tertiary/aromatic N) is 1. The van der Waals surface area contributed by atoms with Crippen LogP contribution >= 0.6 is 0 Å². The van der Waals surface area contributed by atoms with Crippen LogP contribution in [0.4, 0.5) is 5.69 Å². The van der Waals surface area contributed by atoms with Crippen LogP contribution in [0.5, 0.6) is 0 Å². The molecule has 4 rings (SSSR count). The largest absolute Gasteiger partial charge is 0.465 e. The summed E-state index contributed by atoms with van der Waals surface area (Å²) in [5.41, 5.74) is 0.736. The standard InChI is InChI=1S/C21H20N2O7/c1-29-21(28)11-4-6-14(7-5-11)22-15(24)10-30-16(25)9-23-19(26)17-12-2-3-13(8-12)18(17)20(23)27/h2-7,12-13,17-18H,8-10H2,1H3,(H,22,24)/t12-,13-,17-,18-/m0/s1. The second kappa shape index (κ2) is 7.74. The van der Waals surface area contributed by atoms with Crippen molar-refractivity contribution in [3.05, 3.63) is 42.0 Å². The Bertz CT molecular complexity index is 923. The summed E-state index contributed by atoms with van der Waals surface area (Å²) in [5, 5.41) is 2.52. The lowest BCUT2D eigenvalue weighted by molar-refractivity contribution is -0.154. The predicted octanol–water partition coefficient (Wildman–Crippen LogP) is 0.762. The first-order valence-electron chi connectivity index (χ1n) is 9.56. The van der Waals surface area contributed by atoms with E-state index in [1.165, 1.54) is 31.4 Å². The summed E-state index contributed by atoms with van der Waals surface area (Å²) >= 11 is 0. The molecule has 2 aliphatic carbocycles. The van der Waals surface area contributed by atoms with E-state index >= 15 is 0 Å². The normalized spacial score (nSPS) is 26.0. The fourth-order valence-electron chi connectivity index (χ4n) is 4.45. The van der Waals surface area contributed by atoms with E-state index in [-0.39, 0.29) is 35.5 Å². The van der Waals surface area contributed by atoms with Crippen LogP contribution in [0, 0.1) is 23.7 Å². The molecule has 3 aliphatic rings. The Morgan fingerprint density at radius 2 is 1.63 bits per heavy atom. The highest BCUT2D eigenvalue weighted by atomic mass is 16.5. The minimum atomic E-state index is -0.826. The number of ether oxygens (including phenoxy) is 2. The number of amides is 3. The molecular weight excluding hydrogens is 392 g/mol. The van der Waals surface area contributed by atoms with Gasteiger partial charge in [-0.3, -0.25) is 24.1 Å². The van der Waals surface area contributed by atoms with Crippen LogP contribution in [0.15, 0.2) is 36.4 Å². The van der Waals surface area contributed by atoms with Crippen molar-refractivity contribution in [1.29, 1.82) is 0 Å². The molecule has 2 fully saturated rings. The highest BCUT2D eigenvalue weighted by Crippen LogP contribution is 2.52. The molecular formula is C21H20N2O7. The van der Waals surface area contributed by atoms with Crippen molar-refractivity contribution >= 4 is 35.3 Å². The van der Waals surface area contributed by atoms with E-state index in [9.17, 15) is 24.0 Å². The maximum atomic E-state index is 12.6. The van der Waals surface area contributed by atoms with Crippen molar-refractivity contribution in [2.24, 2.45) is 23.7 Å². The van der Waals surface area contributed by atoms with Gasteiger partial charge in [0, 0.05) is 5.69 Å². The van der Waals surface area contributed by atoms with Crippen molar-refractivity contribution in [2.45, 2.75) is 6.42 Å². The van der Waals surface area contributed by atoms with E-state index < -0.39 is 31.0 Å². The third-order valence-electron chi connectivity index (χ3n) is 5.80. The van der Waals surface area contributed by atoms with Crippen LogP contribution < -0.4 is 5.32 Å². The molecule has 9 heteroatoms. The number of anilines is 1. The lowest BCUT2D eigenvalue weighted by atomic mass is 9.85. The number of benzene rings is 1. The van der Waals surface area contributed by atoms with Crippen LogP contribution in [0.25, 0.3) is 0 Å². The Labute approximate surface area is 172 Å². The molecule has 3 amide bonds. The summed E-state index contributed by atoms with van der Waals surface area (Å²) in [6.45, 7) is -1.06. The van der Waals surface area contributed by atoms with Gasteiger partial charge in [-0.1, -0.05) is 12.2 Å². The number of allylic oxidation sites excluding steroid dienone is 2. The number of fused-ring (bicyclic) bond motifs is 5. The molecule has 156 valence electrons. The fraction of sp³-hybridized carbons (Fsp3) is 0.381. The number of likely N-dealkylation sites (tertiary alicyclic amines) is 1. The molecule has 1 aromatic carbocycles. The molecule has 1 heterocycles. The molecule has 1 aliphatic heterocycles. The molecule has 1 saturated heterocycles. The zero-order valence-electron chi connectivity index (χ0n) is 16.2. The molecule has 0 unspecified atom stereocenters. The van der Waals surface area contributed by atoms with E-state index in [1.54, 1.807) is 0 Å². The Balaban J connectivity index is 1.26. The van der Waals surface area contributed by atoms with E-state index in [0.717, 1.165) is 11.3 Å². The number of hydrogen-bond acceptors (Lipinski definition) is 7. The topological polar surface area (TPSA) is 119 Å². The number of rotatable bonds is 6. The molecule has 0 aromatic heterocycles. The molecule has 0 spiro atoms. The fourth-order valence-corrected chi connectivity index (χ4v) is 4.45. The van der Waals surface area contributed by atoms with Crippen molar-refractivity contribution in [2.75, 3.05) is 25.6 Å². The maximum absolute atomic E-state index is 12.6. The van der Waals surface area contributed by atoms with Crippen LogP contribution in [0.3, 0.4) is 0 Å². The maximum Gasteiger partial charge on any atom is 0.337 e. The molecule has 4 atom stereocenters. The SMILES string of the molecule is COC(=O)c1ccc(NC(=O)COC(=O)CN2C(=O)[C@@H]3[C@@H](C2=O)[C@H]2C=C[C@H]3C2)cc1. The Morgan fingerprint density at radius 1 is 1.03 bits per heavy atom. The van der Waals surface area contributed by atoms with Crippen LogP contribution in [0.1, 0.15) is 16.8 Å². The van der Waals surface area contributed by atoms with Gasteiger partial charge in [0.1, 0.15) is 6.54 Å². The lowest BCUT2D eigenvalue weighted by Crippen LogP contribution is -2.38. The minimum absolute atomic E-state index is 0.0637. The first-order valence-corrected chi connectivity index (χ1v) is 9.56. The zero-order chi connectivity index (χ0) is 21.4. The Hall–Kier alpha value is -3.49. The number of carbonyl (C=O) groups excluding carboxylic acids is 5. The van der Waals surface area contributed by atoms with Gasteiger partial charge in [0.05, 0.1) is 24.5 Å². The third-order valence-corrected chi connectivity index (χ3v) is 5.80. The molecule has 1 N–H and O–H groups in total. The second-order valence-corrected chi connectivity index (χ2v) is 7.54. The van der Waals surface area contributed by atoms with Crippen LogP contribution in [-0.4, -0.2) is 54.8 Å². The Kier molecular flexibility index (Phi) is 5.11. The zero-order valence-corrected chi connectivity index (χ0v) is 16.2. The van der Waals surface area contributed by atoms with Crippen LogP contribution in [-0.2, 0) is 28.7 Å². The summed E-state index contributed by atoms with van der Waals surface area (Å²) < 4.78 is 9.51. The summed E-state index contributed by atoms with van der Waals surface area (Å²) in [4.78, 5) is 61.5. The monoisotopic (exact) mass is 412 g/mol. The first kappa shape index (κ1) is 19.8. The van der Waals surface area contributed by atoms with Gasteiger partial charge in [0.2, 0.25) is 11.8 Å². The minimum Gasteiger partial charge on any atom is -0.465 e. The van der Waals surface area contributed by atoms with Crippen molar-refractivity contribution in [1.82, 2.24) is 4.90 Å². The summed E-state index contributed by atoms with van der Waals surface area (Å²) in [6.07, 6.45) is 4.76. The number of carbonyl (C=O) groups is 5. The van der Waals surface area contributed by atoms with Gasteiger partial charge in [-0.25, -0.2) is 4.79 Å². The van der Waals surface area contributed by atoms with Gasteiger partial charge >= 0.3 is 11.9 Å². The number of hydrogen-bond donors (Lipinski definition) is 1. The highest BCUT2D eigenvalue weighted by Gasteiger charge is 2.59. The molecule has 1 aromatic rings. The molecule has 30 heavy (non-hydrogen) atoms. The summed E-state index contributed by atoms with van der Waals surface area (Å²) in [6, 6.07) is 5.98. The van der Waals surface area contributed by atoms with Gasteiger partial charge < -0.3 is 14.8 Å². The molecule has 9 nitrogen and oxygen atoms in total. The predicted molar refractivity (Wildman–Crippen MR) is 102 cm³/mol. The molecule has 1 saturated carbocycles. The molecule has 0 radical (unpaired) electrons. The van der Waals surface area contributed by atoms with Gasteiger partial charge in [-0.2, -0.15) is 0 Å². The number of nitrogens with one attached hydrogen (secondary N) is 1. The number of methoxy groups -OCH3 is 1. The van der Waals surface area contributed by atoms with Crippen molar-refractivity contribution in [3.63, 3.8) is 0 Å². The van der Waals surface area contributed by atoms with E-state index in [2.05, 4.69) is 10.1 Å². The van der Waals surface area contributed by atoms with Gasteiger partial charge in [-0.05, 0) is 42.5 Å². The lowest BCUT2D eigenvalue weighted by Gasteiger charge is -2.16. The second-order valence-electron chi connectivity index (χ2n) is 7.54. The average molecular weight is 412 g/mol. The van der Waals surface area contributed by atoms with Gasteiger partial charge in [0.15, 0.2) is 6.61 Å². The van der Waals surface area contributed by atoms with E-state index in [4.69, 9.17) is 4.74 Å². The molecule has 2 bridgehead atoms. The Morgan fingerprint density at radius 3 is 2.20 bits per heavy atom. The van der Waals surface area contributed by atoms with Crippen molar-refractivity contribution in [3.8, 4) is 0 Å². The smallest absolute Gasteiger partial charge is 0.337 e. The average Bonchev–Trinajstić information content (AvgIpc) is 3.42. The van der Waals surface area contributed by atoms with Gasteiger partial charge in [0.25, 0.3) is 5.91 Å².